The van der Waals surface area contributed by atoms with Crippen LogP contribution in [-0.2, 0) is 6.67 Å². The third kappa shape index (κ3) is 4.46. The molecule has 1 aliphatic rings. The maximum absolute atomic E-state index is 11.0. The Hall–Kier alpha value is -2.79. The van der Waals surface area contributed by atoms with Gasteiger partial charge >= 0.3 is 0 Å². The Kier molecular flexibility index (Phi) is 6.39. The number of piperazine rings is 1. The monoisotopic (exact) mass is 557 g/mol. The largest absolute Gasteiger partial charge is 0.493 e. The molecule has 2 aromatic heterocycles. The van der Waals surface area contributed by atoms with Gasteiger partial charge in [0, 0.05) is 58.3 Å². The van der Waals surface area contributed by atoms with Crippen LogP contribution < -0.4 is 10.6 Å². The average molecular weight is 559 g/mol. The number of fused-ring (bicyclic) bond motifs is 2. The minimum Gasteiger partial charge on any atom is -0.493 e. The van der Waals surface area contributed by atoms with Gasteiger partial charge in [-0.05, 0) is 54.7 Å². The highest BCUT2D eigenvalue weighted by molar-refractivity contribution is 9.10. The molecule has 3 N–H and O–H groups in total. The van der Waals surface area contributed by atoms with Crippen LogP contribution in [0.15, 0.2) is 63.4 Å². The van der Waals surface area contributed by atoms with Crippen molar-refractivity contribution in [3.63, 3.8) is 0 Å². The molecule has 0 unspecified atom stereocenters. The summed E-state index contributed by atoms with van der Waals surface area (Å²) in [6.45, 7) is 3.86. The topological polar surface area (TPSA) is 95.3 Å². The van der Waals surface area contributed by atoms with Gasteiger partial charge in [-0.25, -0.2) is 0 Å². The Morgan fingerprint density at radius 1 is 1.12 bits per heavy atom. The Labute approximate surface area is 214 Å². The van der Waals surface area contributed by atoms with E-state index in [0.717, 1.165) is 58.1 Å². The molecule has 0 saturated carbocycles. The fourth-order valence-electron chi connectivity index (χ4n) is 4.34. The molecule has 0 aliphatic carbocycles. The summed E-state index contributed by atoms with van der Waals surface area (Å²) >= 11 is 14.5. The molecule has 0 amide bonds. The SMILES string of the molecule is NC(=S)N=Nc1c(O)n(CN2CCN(c3ccnc4cc(Cl)ccc34)CC2)c2cc(Br)ccc12. The van der Waals surface area contributed by atoms with Crippen molar-refractivity contribution in [2.24, 2.45) is 16.0 Å². The third-order valence-electron chi connectivity index (χ3n) is 5.96. The summed E-state index contributed by atoms with van der Waals surface area (Å²) in [7, 11) is 0. The van der Waals surface area contributed by atoms with Crippen molar-refractivity contribution in [2.75, 3.05) is 31.1 Å². The van der Waals surface area contributed by atoms with Gasteiger partial charge in [0.05, 0.1) is 17.7 Å². The van der Waals surface area contributed by atoms with Crippen molar-refractivity contribution in [2.45, 2.75) is 6.67 Å². The molecular formula is C23H21BrClN7OS. The lowest BCUT2D eigenvalue weighted by Crippen LogP contribution is -2.46. The molecule has 0 atom stereocenters. The van der Waals surface area contributed by atoms with Gasteiger partial charge in [-0.3, -0.25) is 14.5 Å². The van der Waals surface area contributed by atoms with Crippen molar-refractivity contribution < 1.29 is 5.11 Å². The van der Waals surface area contributed by atoms with Gasteiger partial charge in [0.25, 0.3) is 0 Å². The predicted molar refractivity (Wildman–Crippen MR) is 143 cm³/mol. The minimum atomic E-state index is -0.0839. The quantitative estimate of drug-likeness (QED) is 0.257. The fourth-order valence-corrected chi connectivity index (χ4v) is 4.90. The van der Waals surface area contributed by atoms with Gasteiger partial charge in [0.15, 0.2) is 5.69 Å². The van der Waals surface area contributed by atoms with Crippen molar-refractivity contribution in [3.8, 4) is 5.88 Å². The molecule has 11 heteroatoms. The number of nitrogens with zero attached hydrogens (tertiary/aromatic N) is 6. The number of rotatable bonds is 4. The Morgan fingerprint density at radius 3 is 2.65 bits per heavy atom. The standard InChI is InChI=1S/C23H21BrClN7OS/c24-14-1-3-17-20(11-14)32(22(33)21(17)28-29-23(26)34)13-30-7-9-31(10-8-30)19-5-6-27-18-12-15(25)2-4-16(18)19/h1-6,11-12,33H,7-10,13H2,(H2,26,34). The highest BCUT2D eigenvalue weighted by atomic mass is 79.9. The molecule has 1 aliphatic heterocycles. The second kappa shape index (κ2) is 9.46. The number of thiocarbonyl (C=S) groups is 1. The summed E-state index contributed by atoms with van der Waals surface area (Å²) in [5.41, 5.74) is 8.72. The van der Waals surface area contributed by atoms with Crippen LogP contribution in [0.3, 0.4) is 0 Å². The van der Waals surface area contributed by atoms with E-state index < -0.39 is 0 Å². The van der Waals surface area contributed by atoms with Gasteiger partial charge in [0.2, 0.25) is 11.0 Å². The number of anilines is 1. The first-order valence-electron chi connectivity index (χ1n) is 10.6. The molecule has 0 bridgehead atoms. The van der Waals surface area contributed by atoms with Gasteiger partial charge in [-0.2, -0.15) is 0 Å². The number of azo groups is 1. The highest BCUT2D eigenvalue weighted by Gasteiger charge is 2.23. The second-order valence-electron chi connectivity index (χ2n) is 8.04. The Bertz CT molecular complexity index is 1430. The molecule has 34 heavy (non-hydrogen) atoms. The molecule has 8 nitrogen and oxygen atoms in total. The van der Waals surface area contributed by atoms with Crippen LogP contribution in [-0.4, -0.2) is 50.8 Å². The van der Waals surface area contributed by atoms with Gasteiger partial charge in [-0.1, -0.05) is 27.5 Å². The Morgan fingerprint density at radius 2 is 1.88 bits per heavy atom. The number of aromatic nitrogens is 2. The van der Waals surface area contributed by atoms with E-state index >= 15 is 0 Å². The number of hydrogen-bond acceptors (Lipinski definition) is 6. The lowest BCUT2D eigenvalue weighted by Gasteiger charge is -2.36. The van der Waals surface area contributed by atoms with Crippen molar-refractivity contribution in [1.29, 1.82) is 0 Å². The first-order chi connectivity index (χ1) is 16.4. The lowest BCUT2D eigenvalue weighted by atomic mass is 10.1. The number of hydrogen-bond donors (Lipinski definition) is 2. The second-order valence-corrected chi connectivity index (χ2v) is 9.81. The minimum absolute atomic E-state index is 0.0348. The first kappa shape index (κ1) is 23.0. The lowest BCUT2D eigenvalue weighted by molar-refractivity contribution is 0.200. The zero-order valence-corrected chi connectivity index (χ0v) is 21.2. The first-order valence-corrected chi connectivity index (χ1v) is 12.2. The molecular weight excluding hydrogens is 538 g/mol. The van der Waals surface area contributed by atoms with E-state index in [2.05, 4.69) is 40.9 Å². The van der Waals surface area contributed by atoms with Crippen LogP contribution in [0, 0.1) is 0 Å². The van der Waals surface area contributed by atoms with Crippen LogP contribution in [0.2, 0.25) is 5.02 Å². The van der Waals surface area contributed by atoms with E-state index in [1.54, 1.807) is 0 Å². The van der Waals surface area contributed by atoms with Crippen molar-refractivity contribution >= 4 is 78.0 Å². The summed E-state index contributed by atoms with van der Waals surface area (Å²) in [6, 6.07) is 13.6. The maximum Gasteiger partial charge on any atom is 0.221 e. The molecule has 2 aromatic carbocycles. The summed E-state index contributed by atoms with van der Waals surface area (Å²) in [4.78, 5) is 9.11. The molecule has 0 radical (unpaired) electrons. The van der Waals surface area contributed by atoms with Crippen LogP contribution in [0.1, 0.15) is 0 Å². The Balaban J connectivity index is 1.38. The summed E-state index contributed by atoms with van der Waals surface area (Å²) in [5.74, 6) is 0.0348. The molecule has 0 spiro atoms. The van der Waals surface area contributed by atoms with Gasteiger partial charge in [-0.15, -0.1) is 10.2 Å². The molecule has 174 valence electrons. The number of aromatic hydroxyl groups is 1. The van der Waals surface area contributed by atoms with E-state index in [1.807, 2.05) is 53.2 Å². The summed E-state index contributed by atoms with van der Waals surface area (Å²) in [6.07, 6.45) is 1.82. The van der Waals surface area contributed by atoms with E-state index in [4.69, 9.17) is 29.6 Å². The summed E-state index contributed by atoms with van der Waals surface area (Å²) in [5, 5.41) is 21.3. The van der Waals surface area contributed by atoms with E-state index in [9.17, 15) is 5.11 Å². The average Bonchev–Trinajstić information content (AvgIpc) is 3.07. The maximum atomic E-state index is 11.0. The van der Waals surface area contributed by atoms with E-state index in [-0.39, 0.29) is 11.0 Å². The number of nitrogens with two attached hydrogens (primary N) is 1. The number of pyridine rings is 1. The van der Waals surface area contributed by atoms with E-state index in [1.165, 1.54) is 0 Å². The third-order valence-corrected chi connectivity index (χ3v) is 6.77. The normalized spacial score (nSPS) is 15.1. The van der Waals surface area contributed by atoms with Crippen LogP contribution >= 0.6 is 39.7 Å². The fraction of sp³-hybridized carbons (Fsp3) is 0.217. The van der Waals surface area contributed by atoms with Crippen LogP contribution in [0.25, 0.3) is 21.8 Å². The summed E-state index contributed by atoms with van der Waals surface area (Å²) < 4.78 is 2.75. The van der Waals surface area contributed by atoms with E-state index in [0.29, 0.717) is 17.4 Å². The molecule has 1 saturated heterocycles. The zero-order chi connectivity index (χ0) is 23.8. The molecule has 1 fully saturated rings. The van der Waals surface area contributed by atoms with Crippen LogP contribution in [0.4, 0.5) is 11.4 Å². The van der Waals surface area contributed by atoms with Crippen LogP contribution in [0.5, 0.6) is 5.88 Å². The van der Waals surface area contributed by atoms with Gasteiger partial charge in [0.1, 0.15) is 0 Å². The highest BCUT2D eigenvalue weighted by Crippen LogP contribution is 2.40. The number of benzene rings is 2. The van der Waals surface area contributed by atoms with Gasteiger partial charge < -0.3 is 15.7 Å². The molecule has 4 aromatic rings. The smallest absolute Gasteiger partial charge is 0.221 e. The van der Waals surface area contributed by atoms with Crippen molar-refractivity contribution in [1.82, 2.24) is 14.5 Å². The van der Waals surface area contributed by atoms with Crippen molar-refractivity contribution in [3.05, 3.63) is 58.2 Å². The predicted octanol–water partition coefficient (Wildman–Crippen LogP) is 5.42. The number of halogens is 2. The zero-order valence-electron chi connectivity index (χ0n) is 18.0. The molecule has 5 rings (SSSR count). The molecule has 3 heterocycles.